The molecule has 46 valence electrons. The minimum Gasteiger partial charge on any atom is -0.477 e. The highest BCUT2D eigenvalue weighted by molar-refractivity contribution is 7.14. The first-order valence-electron chi connectivity index (χ1n) is 2.29. The quantitative estimate of drug-likeness (QED) is 0.641. The lowest BCUT2D eigenvalue weighted by Gasteiger charge is -1.80. The van der Waals surface area contributed by atoms with Crippen molar-refractivity contribution in [3.63, 3.8) is 0 Å². The minimum absolute atomic E-state index is 0.285. The highest BCUT2D eigenvalue weighted by Crippen LogP contribution is 2.13. The van der Waals surface area contributed by atoms with Crippen molar-refractivity contribution in [2.24, 2.45) is 0 Å². The van der Waals surface area contributed by atoms with Crippen molar-refractivity contribution in [1.29, 1.82) is 0 Å². The van der Waals surface area contributed by atoms with Gasteiger partial charge in [0.2, 0.25) is 0 Å². The first-order valence-corrected chi connectivity index (χ1v) is 3.10. The van der Waals surface area contributed by atoms with Crippen LogP contribution < -0.4 is 0 Å². The minimum atomic E-state index is -0.920. The molecule has 1 heterocycles. The summed E-state index contributed by atoms with van der Waals surface area (Å²) in [5, 5.41) is 8.35. The summed E-state index contributed by atoms with van der Waals surface area (Å²) < 4.78 is 0. The van der Waals surface area contributed by atoms with Crippen molar-refractivity contribution in [3.05, 3.63) is 28.8 Å². The SMILES string of the molecule is [CH]c1ccc(C(=O)O)s1. The van der Waals surface area contributed by atoms with Crippen LogP contribution in [0.5, 0.6) is 0 Å². The normalized spacial score (nSPS) is 9.44. The van der Waals surface area contributed by atoms with Gasteiger partial charge < -0.3 is 5.11 Å². The topological polar surface area (TPSA) is 37.3 Å². The average Bonchev–Trinajstić information content (AvgIpc) is 2.14. The Balaban J connectivity index is 2.98. The van der Waals surface area contributed by atoms with Crippen molar-refractivity contribution in [1.82, 2.24) is 0 Å². The summed E-state index contributed by atoms with van der Waals surface area (Å²) in [6, 6.07) is 3.07. The van der Waals surface area contributed by atoms with E-state index in [2.05, 4.69) is 0 Å². The van der Waals surface area contributed by atoms with E-state index >= 15 is 0 Å². The van der Waals surface area contributed by atoms with Crippen LogP contribution in [0.3, 0.4) is 0 Å². The standard InChI is InChI=1S/C6H4O2S/c1-4-2-3-5(9-4)6(7)8/h1-3H,(H,7,8). The molecule has 0 aliphatic carbocycles. The fraction of sp³-hybridized carbons (Fsp3) is 0. The number of carboxylic acids is 1. The first kappa shape index (κ1) is 6.29. The second-order valence-electron chi connectivity index (χ2n) is 1.51. The second kappa shape index (κ2) is 2.19. The molecule has 2 nitrogen and oxygen atoms in total. The lowest BCUT2D eigenvalue weighted by atomic mass is 10.4. The molecule has 0 aliphatic heterocycles. The molecule has 1 aromatic heterocycles. The maximum atomic E-state index is 10.2. The Morgan fingerprint density at radius 1 is 1.67 bits per heavy atom. The number of hydrogen-bond acceptors (Lipinski definition) is 2. The fourth-order valence-electron chi connectivity index (χ4n) is 0.468. The third-order valence-corrected chi connectivity index (χ3v) is 1.74. The average molecular weight is 140 g/mol. The van der Waals surface area contributed by atoms with E-state index in [1.165, 1.54) is 6.07 Å². The van der Waals surface area contributed by atoms with Crippen LogP contribution >= 0.6 is 11.3 Å². The van der Waals surface area contributed by atoms with E-state index in [-0.39, 0.29) is 4.88 Å². The Kier molecular flexibility index (Phi) is 1.53. The molecule has 0 atom stereocenters. The predicted octanol–water partition coefficient (Wildman–Crippen LogP) is 1.51. The predicted molar refractivity (Wildman–Crippen MR) is 34.7 cm³/mol. The molecular formula is C6H4O2S. The summed E-state index contributed by atoms with van der Waals surface area (Å²) in [6.07, 6.45) is 0. The van der Waals surface area contributed by atoms with Crippen molar-refractivity contribution in [3.8, 4) is 0 Å². The van der Waals surface area contributed by atoms with E-state index in [0.29, 0.717) is 4.88 Å². The highest BCUT2D eigenvalue weighted by atomic mass is 32.1. The van der Waals surface area contributed by atoms with Crippen molar-refractivity contribution < 1.29 is 9.90 Å². The summed E-state index contributed by atoms with van der Waals surface area (Å²) >= 11 is 1.07. The number of carbonyl (C=O) groups is 1. The Morgan fingerprint density at radius 2 is 2.33 bits per heavy atom. The molecule has 0 bridgehead atoms. The van der Waals surface area contributed by atoms with E-state index in [1.807, 2.05) is 0 Å². The summed E-state index contributed by atoms with van der Waals surface area (Å²) in [5.74, 6) is -0.920. The van der Waals surface area contributed by atoms with Gasteiger partial charge in [-0.3, -0.25) is 0 Å². The van der Waals surface area contributed by atoms with Gasteiger partial charge >= 0.3 is 5.97 Å². The molecule has 0 amide bonds. The highest BCUT2D eigenvalue weighted by Gasteiger charge is 2.02. The van der Waals surface area contributed by atoms with Crippen LogP contribution in [0, 0.1) is 6.92 Å². The van der Waals surface area contributed by atoms with Gasteiger partial charge in [0.15, 0.2) is 0 Å². The number of aromatic carboxylic acids is 1. The van der Waals surface area contributed by atoms with Crippen LogP contribution in [0.2, 0.25) is 0 Å². The Morgan fingerprint density at radius 3 is 2.56 bits per heavy atom. The van der Waals surface area contributed by atoms with Gasteiger partial charge in [-0.25, -0.2) is 4.79 Å². The van der Waals surface area contributed by atoms with Gasteiger partial charge in [0.05, 0.1) is 0 Å². The molecule has 3 heteroatoms. The van der Waals surface area contributed by atoms with Gasteiger partial charge in [-0.2, -0.15) is 0 Å². The summed E-state index contributed by atoms with van der Waals surface area (Å²) in [6.45, 7) is 5.27. The number of hydrogen-bond donors (Lipinski definition) is 1. The van der Waals surface area contributed by atoms with Crippen LogP contribution in [0.1, 0.15) is 14.5 Å². The Hall–Kier alpha value is -0.830. The lowest BCUT2D eigenvalue weighted by molar-refractivity contribution is 0.0702. The van der Waals surface area contributed by atoms with E-state index in [9.17, 15) is 4.79 Å². The largest absolute Gasteiger partial charge is 0.477 e. The van der Waals surface area contributed by atoms with Crippen LogP contribution in [0.15, 0.2) is 12.1 Å². The van der Waals surface area contributed by atoms with Gasteiger partial charge in [0, 0.05) is 11.8 Å². The van der Waals surface area contributed by atoms with E-state index < -0.39 is 5.97 Å². The van der Waals surface area contributed by atoms with Gasteiger partial charge in [0.25, 0.3) is 0 Å². The molecule has 1 aromatic rings. The van der Waals surface area contributed by atoms with E-state index in [4.69, 9.17) is 12.0 Å². The summed E-state index contributed by atoms with van der Waals surface area (Å²) in [5.41, 5.74) is 0. The van der Waals surface area contributed by atoms with Crippen molar-refractivity contribution in [2.75, 3.05) is 0 Å². The van der Waals surface area contributed by atoms with Gasteiger partial charge in [-0.15, -0.1) is 11.3 Å². The van der Waals surface area contributed by atoms with Gasteiger partial charge in [-0.05, 0) is 12.1 Å². The maximum absolute atomic E-state index is 10.2. The molecule has 0 aromatic carbocycles. The molecule has 0 fully saturated rings. The molecule has 0 unspecified atom stereocenters. The van der Waals surface area contributed by atoms with Gasteiger partial charge in [0.1, 0.15) is 4.88 Å². The third-order valence-electron chi connectivity index (χ3n) is 0.838. The van der Waals surface area contributed by atoms with E-state index in [0.717, 1.165) is 11.3 Å². The number of thiophene rings is 1. The zero-order valence-electron chi connectivity index (χ0n) is 4.50. The molecule has 1 N–H and O–H groups in total. The molecule has 0 saturated heterocycles. The summed E-state index contributed by atoms with van der Waals surface area (Å²) in [7, 11) is 0. The second-order valence-corrected chi connectivity index (χ2v) is 2.62. The third kappa shape index (κ3) is 1.29. The molecule has 1 rings (SSSR count). The molecule has 0 aliphatic rings. The monoisotopic (exact) mass is 140 g/mol. The lowest BCUT2D eigenvalue weighted by Crippen LogP contribution is -1.89. The van der Waals surface area contributed by atoms with Crippen LogP contribution in [-0.2, 0) is 0 Å². The Labute approximate surface area is 56.8 Å². The van der Waals surface area contributed by atoms with Crippen molar-refractivity contribution >= 4 is 17.3 Å². The molecule has 9 heavy (non-hydrogen) atoms. The van der Waals surface area contributed by atoms with Crippen molar-refractivity contribution in [2.45, 2.75) is 0 Å². The Bertz CT molecular complexity index is 227. The number of carboxylic acid groups (broad SMARTS) is 1. The first-order chi connectivity index (χ1) is 4.20. The van der Waals surface area contributed by atoms with Crippen LogP contribution in [-0.4, -0.2) is 11.1 Å². The molecule has 2 radical (unpaired) electrons. The smallest absolute Gasteiger partial charge is 0.345 e. The molecule has 0 spiro atoms. The van der Waals surface area contributed by atoms with Crippen LogP contribution in [0.25, 0.3) is 0 Å². The fourth-order valence-corrected chi connectivity index (χ4v) is 1.08. The zero-order valence-corrected chi connectivity index (χ0v) is 5.31. The maximum Gasteiger partial charge on any atom is 0.345 e. The molecule has 0 saturated carbocycles. The zero-order chi connectivity index (χ0) is 6.85. The van der Waals surface area contributed by atoms with E-state index in [1.54, 1.807) is 6.07 Å². The van der Waals surface area contributed by atoms with Crippen LogP contribution in [0.4, 0.5) is 0 Å². The van der Waals surface area contributed by atoms with Gasteiger partial charge in [-0.1, -0.05) is 0 Å². The molecular weight excluding hydrogens is 136 g/mol. The summed E-state index contributed by atoms with van der Waals surface area (Å²) in [4.78, 5) is 11.0. The number of rotatable bonds is 1.